The molecular weight excluding hydrogens is 287 g/mol. The third kappa shape index (κ3) is 2.50. The Morgan fingerprint density at radius 3 is 2.60 bits per heavy atom. The summed E-state index contributed by atoms with van der Waals surface area (Å²) in [6.45, 7) is 1.49. The molecule has 1 aromatic carbocycles. The summed E-state index contributed by atoms with van der Waals surface area (Å²) in [7, 11) is -4.20. The smallest absolute Gasteiger partial charge is 0.339 e. The molecule has 2 rings (SSSR count). The third-order valence-electron chi connectivity index (χ3n) is 2.66. The lowest BCUT2D eigenvalue weighted by atomic mass is 10.2. The van der Waals surface area contributed by atoms with Gasteiger partial charge in [0.05, 0.1) is 5.69 Å². The van der Waals surface area contributed by atoms with Crippen molar-refractivity contribution < 1.29 is 22.7 Å². The fourth-order valence-electron chi connectivity index (χ4n) is 1.75. The van der Waals surface area contributed by atoms with Crippen LogP contribution in [0.15, 0.2) is 35.4 Å². The van der Waals surface area contributed by atoms with Crippen LogP contribution in [-0.4, -0.2) is 24.5 Å². The number of carboxylic acids is 1. The molecule has 0 saturated heterocycles. The van der Waals surface area contributed by atoms with Crippen molar-refractivity contribution in [3.05, 3.63) is 47.5 Å². The van der Waals surface area contributed by atoms with E-state index in [1.165, 1.54) is 25.3 Å². The van der Waals surface area contributed by atoms with Crippen molar-refractivity contribution in [2.75, 3.05) is 4.72 Å². The number of nitrogens with one attached hydrogen (secondary N) is 2. The van der Waals surface area contributed by atoms with Crippen molar-refractivity contribution in [3.63, 3.8) is 0 Å². The van der Waals surface area contributed by atoms with Gasteiger partial charge in [-0.15, -0.1) is 0 Å². The lowest BCUT2D eigenvalue weighted by molar-refractivity contribution is 0.0697. The van der Waals surface area contributed by atoms with Gasteiger partial charge in [0.2, 0.25) is 0 Å². The first-order valence-electron chi connectivity index (χ1n) is 5.51. The molecule has 3 N–H and O–H groups in total. The van der Waals surface area contributed by atoms with Gasteiger partial charge in [0.1, 0.15) is 16.3 Å². The minimum Gasteiger partial charge on any atom is -0.478 e. The molecule has 1 heterocycles. The predicted octanol–water partition coefficient (Wildman–Crippen LogP) is 1.96. The van der Waals surface area contributed by atoms with Crippen LogP contribution in [0.5, 0.6) is 0 Å². The van der Waals surface area contributed by atoms with Gasteiger partial charge in [-0.1, -0.05) is 12.1 Å². The number of aromatic carboxylic acids is 1. The predicted molar refractivity (Wildman–Crippen MR) is 69.7 cm³/mol. The van der Waals surface area contributed by atoms with Crippen molar-refractivity contribution in [2.24, 2.45) is 0 Å². The number of aromatic nitrogens is 1. The SMILES string of the molecule is Cc1[nH]cc(NS(=O)(=O)c2ccccc2F)c1C(=O)O. The molecule has 1 aromatic heterocycles. The molecule has 0 amide bonds. The first kappa shape index (κ1) is 14.1. The third-order valence-corrected chi connectivity index (χ3v) is 4.06. The molecule has 0 aliphatic carbocycles. The van der Waals surface area contributed by atoms with Crippen LogP contribution < -0.4 is 4.72 Å². The number of carboxylic acid groups (broad SMARTS) is 1. The van der Waals surface area contributed by atoms with Crippen LogP contribution in [0.2, 0.25) is 0 Å². The van der Waals surface area contributed by atoms with Crippen LogP contribution in [0.3, 0.4) is 0 Å². The zero-order chi connectivity index (χ0) is 14.9. The van der Waals surface area contributed by atoms with E-state index in [-0.39, 0.29) is 11.3 Å². The Kier molecular flexibility index (Phi) is 3.49. The molecular formula is C12H11FN2O4S. The van der Waals surface area contributed by atoms with Crippen molar-refractivity contribution in [1.29, 1.82) is 0 Å². The highest BCUT2D eigenvalue weighted by molar-refractivity contribution is 7.92. The summed E-state index contributed by atoms with van der Waals surface area (Å²) in [5.41, 5.74) is -0.0492. The standard InChI is InChI=1S/C12H11FN2O4S/c1-7-11(12(16)17)9(6-14-7)15-20(18,19)10-5-3-2-4-8(10)13/h2-6,14-15H,1H3,(H,16,17). The zero-order valence-electron chi connectivity index (χ0n) is 10.3. The first-order valence-corrected chi connectivity index (χ1v) is 7.00. The number of H-pyrrole nitrogens is 1. The molecule has 0 unspecified atom stereocenters. The van der Waals surface area contributed by atoms with Crippen LogP contribution in [0, 0.1) is 12.7 Å². The van der Waals surface area contributed by atoms with E-state index in [1.54, 1.807) is 0 Å². The van der Waals surface area contributed by atoms with Crippen LogP contribution in [0.4, 0.5) is 10.1 Å². The van der Waals surface area contributed by atoms with Gasteiger partial charge in [-0.3, -0.25) is 4.72 Å². The number of aromatic amines is 1. The maximum atomic E-state index is 13.5. The van der Waals surface area contributed by atoms with E-state index in [0.717, 1.165) is 12.1 Å². The summed E-state index contributed by atoms with van der Waals surface area (Å²) in [4.78, 5) is 13.1. The molecule has 0 aliphatic heterocycles. The van der Waals surface area contributed by atoms with E-state index < -0.39 is 26.7 Å². The lowest BCUT2D eigenvalue weighted by Gasteiger charge is -2.08. The van der Waals surface area contributed by atoms with Gasteiger partial charge in [0.25, 0.3) is 10.0 Å². The molecule has 8 heteroatoms. The maximum Gasteiger partial charge on any atom is 0.339 e. The average Bonchev–Trinajstić information content (AvgIpc) is 2.70. The van der Waals surface area contributed by atoms with Crippen LogP contribution >= 0.6 is 0 Å². The topological polar surface area (TPSA) is 99.3 Å². The molecule has 0 bridgehead atoms. The Morgan fingerprint density at radius 2 is 2.00 bits per heavy atom. The second-order valence-corrected chi connectivity index (χ2v) is 5.69. The zero-order valence-corrected chi connectivity index (χ0v) is 11.2. The van der Waals surface area contributed by atoms with Gasteiger partial charge in [-0.2, -0.15) is 0 Å². The molecule has 0 saturated carbocycles. The molecule has 20 heavy (non-hydrogen) atoms. The first-order chi connectivity index (χ1) is 9.33. The summed E-state index contributed by atoms with van der Waals surface area (Å²) < 4.78 is 39.7. The van der Waals surface area contributed by atoms with Crippen molar-refractivity contribution >= 4 is 21.7 Å². The second-order valence-electron chi connectivity index (χ2n) is 4.04. The normalized spacial score (nSPS) is 11.3. The largest absolute Gasteiger partial charge is 0.478 e. The number of sulfonamides is 1. The number of rotatable bonds is 4. The van der Waals surface area contributed by atoms with Gasteiger partial charge >= 0.3 is 5.97 Å². The molecule has 0 fully saturated rings. The molecule has 0 spiro atoms. The van der Waals surface area contributed by atoms with Crippen LogP contribution in [0.25, 0.3) is 0 Å². The number of hydrogen-bond acceptors (Lipinski definition) is 3. The van der Waals surface area contributed by atoms with E-state index >= 15 is 0 Å². The summed E-state index contributed by atoms with van der Waals surface area (Å²) in [5, 5.41) is 9.03. The Hall–Kier alpha value is -2.35. The van der Waals surface area contributed by atoms with E-state index in [4.69, 9.17) is 5.11 Å². The monoisotopic (exact) mass is 298 g/mol. The summed E-state index contributed by atoms with van der Waals surface area (Å²) >= 11 is 0. The van der Waals surface area contributed by atoms with E-state index in [9.17, 15) is 17.6 Å². The number of anilines is 1. The maximum absolute atomic E-state index is 13.5. The molecule has 6 nitrogen and oxygen atoms in total. The van der Waals surface area contributed by atoms with Gasteiger partial charge in [-0.05, 0) is 19.1 Å². The Labute approximate surface area is 114 Å². The highest BCUT2D eigenvalue weighted by atomic mass is 32.2. The van der Waals surface area contributed by atoms with Gasteiger partial charge in [0.15, 0.2) is 0 Å². The number of carbonyl (C=O) groups is 1. The highest BCUT2D eigenvalue weighted by Gasteiger charge is 2.23. The molecule has 0 radical (unpaired) electrons. The molecule has 106 valence electrons. The Balaban J connectivity index is 2.45. The molecule has 2 aromatic rings. The van der Waals surface area contributed by atoms with Gasteiger partial charge in [-0.25, -0.2) is 17.6 Å². The van der Waals surface area contributed by atoms with Crippen LogP contribution in [-0.2, 0) is 10.0 Å². The quantitative estimate of drug-likeness (QED) is 0.803. The number of aryl methyl sites for hydroxylation is 1. The fraction of sp³-hybridized carbons (Fsp3) is 0.0833. The summed E-state index contributed by atoms with van der Waals surface area (Å²) in [6, 6.07) is 4.84. The average molecular weight is 298 g/mol. The molecule has 0 atom stereocenters. The van der Waals surface area contributed by atoms with Crippen molar-refractivity contribution in [3.8, 4) is 0 Å². The number of hydrogen-bond donors (Lipinski definition) is 3. The Bertz CT molecular complexity index is 768. The minimum atomic E-state index is -4.20. The number of benzene rings is 1. The van der Waals surface area contributed by atoms with E-state index in [0.29, 0.717) is 5.69 Å². The van der Waals surface area contributed by atoms with Crippen molar-refractivity contribution in [1.82, 2.24) is 4.98 Å². The Morgan fingerprint density at radius 1 is 1.35 bits per heavy atom. The summed E-state index contributed by atoms with van der Waals surface area (Å²) in [5.74, 6) is -2.20. The second kappa shape index (κ2) is 4.97. The minimum absolute atomic E-state index is 0.141. The van der Waals surface area contributed by atoms with Crippen LogP contribution in [0.1, 0.15) is 16.1 Å². The van der Waals surface area contributed by atoms with Crippen molar-refractivity contribution in [2.45, 2.75) is 11.8 Å². The van der Waals surface area contributed by atoms with E-state index in [1.807, 2.05) is 0 Å². The fourth-order valence-corrected chi connectivity index (χ4v) is 2.89. The number of halogens is 1. The lowest BCUT2D eigenvalue weighted by Crippen LogP contribution is -2.16. The molecule has 0 aliphatic rings. The van der Waals surface area contributed by atoms with Gasteiger partial charge < -0.3 is 10.1 Å². The van der Waals surface area contributed by atoms with E-state index in [2.05, 4.69) is 9.71 Å². The van der Waals surface area contributed by atoms with Gasteiger partial charge in [0, 0.05) is 11.9 Å². The summed E-state index contributed by atoms with van der Waals surface area (Å²) in [6.07, 6.45) is 1.21. The highest BCUT2D eigenvalue weighted by Crippen LogP contribution is 2.23.